The van der Waals surface area contributed by atoms with E-state index in [0.717, 1.165) is 31.2 Å². The molecule has 0 saturated heterocycles. The van der Waals surface area contributed by atoms with Gasteiger partial charge in [-0.25, -0.2) is 0 Å². The predicted molar refractivity (Wildman–Crippen MR) is 84.5 cm³/mol. The number of aliphatic hydroxyl groups excluding tert-OH is 1. The van der Waals surface area contributed by atoms with E-state index in [1.54, 1.807) is 6.07 Å². The summed E-state index contributed by atoms with van der Waals surface area (Å²) >= 11 is 0. The molecule has 5 nitrogen and oxygen atoms in total. The van der Waals surface area contributed by atoms with Crippen LogP contribution in [0.25, 0.3) is 0 Å². The van der Waals surface area contributed by atoms with Gasteiger partial charge in [0, 0.05) is 18.2 Å². The Balaban J connectivity index is 1.74. The first-order chi connectivity index (χ1) is 10.6. The lowest BCUT2D eigenvalue weighted by atomic mass is 9.86. The molecule has 2 amide bonds. The van der Waals surface area contributed by atoms with Gasteiger partial charge in [0.1, 0.15) is 0 Å². The standard InChI is InChI=1S/C17H24N2O3/c1-12-4-2-3-5-15(12)17(22)18-10-16(21)19-14-8-6-13(11-20)7-9-14/h2-5,13-14,20H,6-11H2,1H3,(H,18,22)(H,19,21). The molecule has 1 aromatic carbocycles. The minimum atomic E-state index is -0.225. The van der Waals surface area contributed by atoms with Gasteiger partial charge in [-0.1, -0.05) is 18.2 Å². The minimum absolute atomic E-state index is 0.00685. The fourth-order valence-corrected chi connectivity index (χ4v) is 2.85. The number of rotatable bonds is 5. The molecule has 22 heavy (non-hydrogen) atoms. The molecule has 1 saturated carbocycles. The van der Waals surface area contributed by atoms with Crippen LogP contribution < -0.4 is 10.6 Å². The van der Waals surface area contributed by atoms with Crippen molar-refractivity contribution in [2.75, 3.05) is 13.2 Å². The maximum atomic E-state index is 12.0. The number of benzene rings is 1. The van der Waals surface area contributed by atoms with Crippen molar-refractivity contribution in [1.29, 1.82) is 0 Å². The highest BCUT2D eigenvalue weighted by molar-refractivity contribution is 5.97. The van der Waals surface area contributed by atoms with Gasteiger partial charge in [-0.05, 0) is 50.2 Å². The van der Waals surface area contributed by atoms with Crippen LogP contribution in [0, 0.1) is 12.8 Å². The van der Waals surface area contributed by atoms with Crippen molar-refractivity contribution in [3.05, 3.63) is 35.4 Å². The summed E-state index contributed by atoms with van der Waals surface area (Å²) in [4.78, 5) is 23.9. The Hall–Kier alpha value is -1.88. The van der Waals surface area contributed by atoms with Crippen LogP contribution >= 0.6 is 0 Å². The summed E-state index contributed by atoms with van der Waals surface area (Å²) in [6.45, 7) is 2.09. The Morgan fingerprint density at radius 2 is 1.86 bits per heavy atom. The zero-order valence-electron chi connectivity index (χ0n) is 13.0. The SMILES string of the molecule is Cc1ccccc1C(=O)NCC(=O)NC1CCC(CO)CC1. The lowest BCUT2D eigenvalue weighted by molar-refractivity contribution is -0.121. The minimum Gasteiger partial charge on any atom is -0.396 e. The molecule has 0 radical (unpaired) electrons. The molecule has 3 N–H and O–H groups in total. The van der Waals surface area contributed by atoms with Gasteiger partial charge < -0.3 is 15.7 Å². The van der Waals surface area contributed by atoms with Crippen LogP contribution in [-0.2, 0) is 4.79 Å². The van der Waals surface area contributed by atoms with Gasteiger partial charge in [0.05, 0.1) is 6.54 Å². The van der Waals surface area contributed by atoms with Gasteiger partial charge in [-0.15, -0.1) is 0 Å². The molecule has 1 aromatic rings. The monoisotopic (exact) mass is 304 g/mol. The number of hydrogen-bond donors (Lipinski definition) is 3. The fraction of sp³-hybridized carbons (Fsp3) is 0.529. The van der Waals surface area contributed by atoms with Crippen molar-refractivity contribution in [2.24, 2.45) is 5.92 Å². The number of aliphatic hydroxyl groups is 1. The van der Waals surface area contributed by atoms with Crippen LogP contribution in [-0.4, -0.2) is 36.1 Å². The number of amides is 2. The first-order valence-corrected chi connectivity index (χ1v) is 7.84. The summed E-state index contributed by atoms with van der Waals surface area (Å²) in [5.74, 6) is -0.0134. The van der Waals surface area contributed by atoms with Crippen molar-refractivity contribution in [2.45, 2.75) is 38.6 Å². The van der Waals surface area contributed by atoms with Crippen molar-refractivity contribution >= 4 is 11.8 Å². The molecule has 0 spiro atoms. The highest BCUT2D eigenvalue weighted by Crippen LogP contribution is 2.23. The van der Waals surface area contributed by atoms with Crippen LogP contribution in [0.5, 0.6) is 0 Å². The van der Waals surface area contributed by atoms with E-state index < -0.39 is 0 Å². The van der Waals surface area contributed by atoms with Crippen molar-refractivity contribution < 1.29 is 14.7 Å². The fourth-order valence-electron chi connectivity index (χ4n) is 2.85. The Kier molecular flexibility index (Phi) is 5.95. The third-order valence-electron chi connectivity index (χ3n) is 4.27. The van der Waals surface area contributed by atoms with E-state index in [9.17, 15) is 9.59 Å². The highest BCUT2D eigenvalue weighted by atomic mass is 16.3. The second-order valence-electron chi connectivity index (χ2n) is 5.97. The Bertz CT molecular complexity index is 522. The molecule has 1 aliphatic rings. The molecule has 1 aliphatic carbocycles. The molecule has 0 aliphatic heterocycles. The lowest BCUT2D eigenvalue weighted by Gasteiger charge is -2.27. The van der Waals surface area contributed by atoms with E-state index in [2.05, 4.69) is 10.6 Å². The molecule has 120 valence electrons. The third-order valence-corrected chi connectivity index (χ3v) is 4.27. The first-order valence-electron chi connectivity index (χ1n) is 7.84. The van der Waals surface area contributed by atoms with Crippen molar-refractivity contribution in [3.8, 4) is 0 Å². The zero-order chi connectivity index (χ0) is 15.9. The topological polar surface area (TPSA) is 78.4 Å². The Labute approximate surface area is 131 Å². The first kappa shape index (κ1) is 16.5. The average molecular weight is 304 g/mol. The van der Waals surface area contributed by atoms with E-state index >= 15 is 0 Å². The molecule has 1 fully saturated rings. The summed E-state index contributed by atoms with van der Waals surface area (Å²) < 4.78 is 0. The lowest BCUT2D eigenvalue weighted by Crippen LogP contribution is -2.43. The summed E-state index contributed by atoms with van der Waals surface area (Å²) in [7, 11) is 0. The largest absolute Gasteiger partial charge is 0.396 e. The molecule has 2 rings (SSSR count). The summed E-state index contributed by atoms with van der Waals surface area (Å²) in [6.07, 6.45) is 3.67. The van der Waals surface area contributed by atoms with Gasteiger partial charge in [0.2, 0.25) is 5.91 Å². The quantitative estimate of drug-likeness (QED) is 0.769. The second-order valence-corrected chi connectivity index (χ2v) is 5.97. The van der Waals surface area contributed by atoms with Crippen LogP contribution in [0.3, 0.4) is 0 Å². The van der Waals surface area contributed by atoms with Gasteiger partial charge in [0.25, 0.3) is 5.91 Å². The van der Waals surface area contributed by atoms with Crippen molar-refractivity contribution in [1.82, 2.24) is 10.6 Å². The predicted octanol–water partition coefficient (Wildman–Crippen LogP) is 1.39. The summed E-state index contributed by atoms with van der Waals surface area (Å²) in [5, 5.41) is 14.7. The zero-order valence-corrected chi connectivity index (χ0v) is 13.0. The smallest absolute Gasteiger partial charge is 0.251 e. The Morgan fingerprint density at radius 3 is 2.50 bits per heavy atom. The van der Waals surface area contributed by atoms with Crippen LogP contribution in [0.1, 0.15) is 41.6 Å². The number of hydrogen-bond acceptors (Lipinski definition) is 3. The molecule has 0 atom stereocenters. The maximum absolute atomic E-state index is 12.0. The van der Waals surface area contributed by atoms with E-state index in [-0.39, 0.29) is 31.0 Å². The van der Waals surface area contributed by atoms with E-state index in [1.807, 2.05) is 25.1 Å². The maximum Gasteiger partial charge on any atom is 0.251 e. The molecular formula is C17H24N2O3. The number of carbonyl (C=O) groups excluding carboxylic acids is 2. The van der Waals surface area contributed by atoms with Crippen LogP contribution in [0.4, 0.5) is 0 Å². The van der Waals surface area contributed by atoms with E-state index in [0.29, 0.717) is 11.5 Å². The molecule has 0 aromatic heterocycles. The number of carbonyl (C=O) groups is 2. The molecular weight excluding hydrogens is 280 g/mol. The average Bonchev–Trinajstić information content (AvgIpc) is 2.54. The summed E-state index contributed by atoms with van der Waals surface area (Å²) in [6, 6.07) is 7.46. The van der Waals surface area contributed by atoms with E-state index in [1.165, 1.54) is 0 Å². The number of aryl methyl sites for hydroxylation is 1. The van der Waals surface area contributed by atoms with Crippen LogP contribution in [0.15, 0.2) is 24.3 Å². The van der Waals surface area contributed by atoms with Crippen LogP contribution in [0.2, 0.25) is 0 Å². The molecule has 0 heterocycles. The second kappa shape index (κ2) is 7.94. The molecule has 0 unspecified atom stereocenters. The van der Waals surface area contributed by atoms with Gasteiger partial charge in [0.15, 0.2) is 0 Å². The third kappa shape index (κ3) is 4.56. The molecule has 5 heteroatoms. The van der Waals surface area contributed by atoms with E-state index in [4.69, 9.17) is 5.11 Å². The van der Waals surface area contributed by atoms with Gasteiger partial charge >= 0.3 is 0 Å². The molecule has 0 bridgehead atoms. The van der Waals surface area contributed by atoms with Gasteiger partial charge in [-0.3, -0.25) is 9.59 Å². The van der Waals surface area contributed by atoms with Gasteiger partial charge in [-0.2, -0.15) is 0 Å². The van der Waals surface area contributed by atoms with Crippen molar-refractivity contribution in [3.63, 3.8) is 0 Å². The Morgan fingerprint density at radius 1 is 1.18 bits per heavy atom. The highest BCUT2D eigenvalue weighted by Gasteiger charge is 2.22. The normalized spacial score (nSPS) is 21.2. The number of nitrogens with one attached hydrogen (secondary N) is 2. The summed E-state index contributed by atoms with van der Waals surface area (Å²) in [5.41, 5.74) is 1.49.